The molecule has 2 aromatic rings. The number of rotatable bonds is 6. The van der Waals surface area contributed by atoms with Crippen molar-refractivity contribution in [3.63, 3.8) is 0 Å². The monoisotopic (exact) mass is 358 g/mol. The number of hydrogen-bond donors (Lipinski definition) is 2. The summed E-state index contributed by atoms with van der Waals surface area (Å²) in [6.45, 7) is 6.07. The third-order valence-corrected chi connectivity index (χ3v) is 4.63. The van der Waals surface area contributed by atoms with E-state index in [0.717, 1.165) is 24.7 Å². The minimum Gasteiger partial charge on any atom is -0.396 e. The van der Waals surface area contributed by atoms with Gasteiger partial charge in [-0.3, -0.25) is 0 Å². The molecular weight excluding hydrogens is 332 g/mol. The zero-order valence-corrected chi connectivity index (χ0v) is 15.3. The van der Waals surface area contributed by atoms with Gasteiger partial charge in [0.05, 0.1) is 13.2 Å². The van der Waals surface area contributed by atoms with Crippen molar-refractivity contribution in [2.75, 3.05) is 36.1 Å². The maximum atomic E-state index is 9.11. The van der Waals surface area contributed by atoms with Crippen LogP contribution in [0.4, 0.5) is 11.6 Å². The van der Waals surface area contributed by atoms with Crippen molar-refractivity contribution in [1.82, 2.24) is 19.9 Å². The highest BCUT2D eigenvalue weighted by Crippen LogP contribution is 2.25. The van der Waals surface area contributed by atoms with Crippen LogP contribution in [0.5, 0.6) is 0 Å². The molecule has 140 valence electrons. The summed E-state index contributed by atoms with van der Waals surface area (Å²) in [7, 11) is 0. The van der Waals surface area contributed by atoms with Crippen LogP contribution in [-0.2, 0) is 12.8 Å². The van der Waals surface area contributed by atoms with E-state index in [0.29, 0.717) is 24.5 Å². The number of nitrogens with zero attached hydrogens (tertiary/aromatic N) is 6. The normalized spacial score (nSPS) is 20.5. The Morgan fingerprint density at radius 3 is 1.65 bits per heavy atom. The minimum atomic E-state index is 0.0487. The average molecular weight is 358 g/mol. The summed E-state index contributed by atoms with van der Waals surface area (Å²) in [5, 5.41) is 18.2. The molecule has 0 saturated carbocycles. The molecule has 0 aliphatic carbocycles. The van der Waals surface area contributed by atoms with Crippen molar-refractivity contribution in [2.24, 2.45) is 0 Å². The van der Waals surface area contributed by atoms with Gasteiger partial charge in [-0.25, -0.2) is 19.9 Å². The van der Waals surface area contributed by atoms with Gasteiger partial charge >= 0.3 is 0 Å². The molecule has 3 rings (SSSR count). The highest BCUT2D eigenvalue weighted by atomic mass is 16.3. The fourth-order valence-corrected chi connectivity index (χ4v) is 3.30. The van der Waals surface area contributed by atoms with Gasteiger partial charge in [-0.15, -0.1) is 0 Å². The smallest absolute Gasteiger partial charge is 0.132 e. The first-order valence-electron chi connectivity index (χ1n) is 9.01. The molecule has 1 saturated heterocycles. The minimum absolute atomic E-state index is 0.0487. The van der Waals surface area contributed by atoms with Gasteiger partial charge in [0.15, 0.2) is 0 Å². The number of piperazine rings is 1. The molecule has 1 aliphatic heterocycles. The summed E-state index contributed by atoms with van der Waals surface area (Å²) in [5.41, 5.74) is 0. The van der Waals surface area contributed by atoms with E-state index in [1.807, 2.05) is 12.1 Å². The maximum Gasteiger partial charge on any atom is 0.132 e. The number of aliphatic hydroxyl groups excluding tert-OH is 2. The van der Waals surface area contributed by atoms with Gasteiger partial charge in [-0.05, 0) is 26.0 Å². The topological polar surface area (TPSA) is 98.5 Å². The van der Waals surface area contributed by atoms with E-state index < -0.39 is 0 Å². The van der Waals surface area contributed by atoms with E-state index in [4.69, 9.17) is 10.2 Å². The molecule has 2 atom stereocenters. The van der Waals surface area contributed by atoms with E-state index in [2.05, 4.69) is 43.6 Å². The van der Waals surface area contributed by atoms with Crippen LogP contribution in [0, 0.1) is 0 Å². The van der Waals surface area contributed by atoms with E-state index in [1.54, 1.807) is 12.4 Å². The molecule has 2 aromatic heterocycles. The quantitative estimate of drug-likeness (QED) is 0.768. The fourth-order valence-electron chi connectivity index (χ4n) is 3.30. The lowest BCUT2D eigenvalue weighted by molar-refractivity contribution is 0.296. The van der Waals surface area contributed by atoms with Crippen LogP contribution < -0.4 is 9.80 Å². The highest BCUT2D eigenvalue weighted by molar-refractivity contribution is 5.47. The highest BCUT2D eigenvalue weighted by Gasteiger charge is 2.31. The molecular formula is C18H26N6O2. The Bertz CT molecular complexity index is 667. The second-order valence-electron chi connectivity index (χ2n) is 6.61. The van der Waals surface area contributed by atoms with Crippen LogP contribution in [0.3, 0.4) is 0 Å². The zero-order valence-electron chi connectivity index (χ0n) is 15.3. The molecule has 0 radical (unpaired) electrons. The molecule has 0 aromatic carbocycles. The Kier molecular flexibility index (Phi) is 5.95. The molecule has 0 bridgehead atoms. The van der Waals surface area contributed by atoms with Crippen molar-refractivity contribution in [3.8, 4) is 0 Å². The fraction of sp³-hybridized carbons (Fsp3) is 0.556. The van der Waals surface area contributed by atoms with Gasteiger partial charge < -0.3 is 20.0 Å². The molecule has 0 amide bonds. The van der Waals surface area contributed by atoms with Crippen LogP contribution in [0.15, 0.2) is 24.5 Å². The van der Waals surface area contributed by atoms with Gasteiger partial charge in [-0.2, -0.15) is 0 Å². The lowest BCUT2D eigenvalue weighted by Crippen LogP contribution is -2.57. The van der Waals surface area contributed by atoms with E-state index in [-0.39, 0.29) is 25.3 Å². The zero-order chi connectivity index (χ0) is 18.5. The number of aromatic nitrogens is 4. The van der Waals surface area contributed by atoms with Gasteiger partial charge in [-0.1, -0.05) is 0 Å². The Labute approximate surface area is 153 Å². The third-order valence-electron chi connectivity index (χ3n) is 4.63. The van der Waals surface area contributed by atoms with E-state index in [9.17, 15) is 0 Å². The van der Waals surface area contributed by atoms with Crippen molar-refractivity contribution in [3.05, 3.63) is 36.2 Å². The predicted octanol–water partition coefficient (Wildman–Crippen LogP) is 0.440. The summed E-state index contributed by atoms with van der Waals surface area (Å²) >= 11 is 0. The first-order chi connectivity index (χ1) is 12.6. The first-order valence-corrected chi connectivity index (χ1v) is 9.01. The molecule has 1 aliphatic rings. The predicted molar refractivity (Wildman–Crippen MR) is 99.3 cm³/mol. The summed E-state index contributed by atoms with van der Waals surface area (Å²) in [6.07, 6.45) is 4.43. The summed E-state index contributed by atoms with van der Waals surface area (Å²) in [6, 6.07) is 4.34. The first kappa shape index (κ1) is 18.5. The van der Waals surface area contributed by atoms with Crippen molar-refractivity contribution in [2.45, 2.75) is 38.8 Å². The number of aliphatic hydroxyl groups is 2. The van der Waals surface area contributed by atoms with Crippen LogP contribution >= 0.6 is 0 Å². The molecule has 8 nitrogen and oxygen atoms in total. The van der Waals surface area contributed by atoms with Crippen LogP contribution in [0.1, 0.15) is 25.5 Å². The Hall–Kier alpha value is -2.32. The second kappa shape index (κ2) is 8.37. The summed E-state index contributed by atoms with van der Waals surface area (Å²) in [5.74, 6) is 3.12. The summed E-state index contributed by atoms with van der Waals surface area (Å²) in [4.78, 5) is 22.2. The van der Waals surface area contributed by atoms with Gasteiger partial charge in [0, 0.05) is 50.4 Å². The molecule has 0 spiro atoms. The lowest BCUT2D eigenvalue weighted by Gasteiger charge is -2.45. The van der Waals surface area contributed by atoms with Crippen molar-refractivity contribution >= 4 is 11.6 Å². The molecule has 8 heteroatoms. The van der Waals surface area contributed by atoms with E-state index in [1.165, 1.54) is 0 Å². The maximum absolute atomic E-state index is 9.11. The van der Waals surface area contributed by atoms with Crippen molar-refractivity contribution < 1.29 is 10.2 Å². The number of hydrogen-bond acceptors (Lipinski definition) is 8. The van der Waals surface area contributed by atoms with Crippen LogP contribution in [0.25, 0.3) is 0 Å². The largest absolute Gasteiger partial charge is 0.396 e. The second-order valence-corrected chi connectivity index (χ2v) is 6.61. The third kappa shape index (κ3) is 4.08. The van der Waals surface area contributed by atoms with Crippen molar-refractivity contribution in [1.29, 1.82) is 0 Å². The Morgan fingerprint density at radius 2 is 1.27 bits per heavy atom. The standard InChI is InChI=1S/C18H26N6O2/c1-13-11-24(18-4-8-20-16(22-18)6-10-26)14(2)12-23(13)17-3-7-19-15(21-17)5-9-25/h3-4,7-8,13-14,25-26H,5-6,9-12H2,1-2H3/t13-,14+. The number of anilines is 2. The molecule has 26 heavy (non-hydrogen) atoms. The molecule has 2 N–H and O–H groups in total. The van der Waals surface area contributed by atoms with Crippen LogP contribution in [0.2, 0.25) is 0 Å². The molecule has 3 heterocycles. The van der Waals surface area contributed by atoms with Gasteiger partial charge in [0.2, 0.25) is 0 Å². The molecule has 1 fully saturated rings. The Balaban J connectivity index is 1.77. The molecule has 0 unspecified atom stereocenters. The van der Waals surface area contributed by atoms with Gasteiger partial charge in [0.25, 0.3) is 0 Å². The lowest BCUT2D eigenvalue weighted by atomic mass is 10.1. The van der Waals surface area contributed by atoms with E-state index >= 15 is 0 Å². The summed E-state index contributed by atoms with van der Waals surface area (Å²) < 4.78 is 0. The average Bonchev–Trinajstić information content (AvgIpc) is 2.64. The Morgan fingerprint density at radius 1 is 0.846 bits per heavy atom. The van der Waals surface area contributed by atoms with Crippen LogP contribution in [-0.4, -0.2) is 68.5 Å². The van der Waals surface area contributed by atoms with Gasteiger partial charge in [0.1, 0.15) is 23.3 Å². The SMILES string of the molecule is C[C@@H]1CN(c2ccnc(CCO)n2)[C@@H](C)CN1c1ccnc(CCO)n1.